The lowest BCUT2D eigenvalue weighted by Crippen LogP contribution is -2.67. The summed E-state index contributed by atoms with van der Waals surface area (Å²) in [6.45, 7) is 6.70. The first-order chi connectivity index (χ1) is 16.3. The second-order valence-corrected chi connectivity index (χ2v) is 9.95. The van der Waals surface area contributed by atoms with Gasteiger partial charge in [0.25, 0.3) is 0 Å². The number of ether oxygens (including phenoxy) is 2. The Morgan fingerprint density at radius 1 is 0.939 bits per heavy atom. The van der Waals surface area contributed by atoms with Crippen molar-refractivity contribution >= 4 is 0 Å². The minimum Gasteiger partial charge on any atom is -0.497 e. The Labute approximate surface area is 198 Å². The van der Waals surface area contributed by atoms with E-state index in [9.17, 15) is 5.11 Å². The molecular formula is C28H38N2O3. The van der Waals surface area contributed by atoms with Gasteiger partial charge < -0.3 is 19.5 Å². The van der Waals surface area contributed by atoms with Crippen LogP contribution in [-0.2, 0) is 4.74 Å². The maximum Gasteiger partial charge on any atom is 0.118 e. The van der Waals surface area contributed by atoms with Crippen LogP contribution >= 0.6 is 0 Å². The summed E-state index contributed by atoms with van der Waals surface area (Å²) in [5.74, 6) is 2.04. The fourth-order valence-corrected chi connectivity index (χ4v) is 6.15. The number of nitrogens with zero attached hydrogens (tertiary/aromatic N) is 2. The summed E-state index contributed by atoms with van der Waals surface area (Å²) < 4.78 is 10.9. The van der Waals surface area contributed by atoms with E-state index in [2.05, 4.69) is 46.2 Å². The number of aliphatic hydroxyl groups excluding tert-OH is 1. The molecule has 5 nitrogen and oxygen atoms in total. The maximum atomic E-state index is 10.2. The van der Waals surface area contributed by atoms with E-state index in [-0.39, 0.29) is 12.6 Å². The number of fused-ring (bicyclic) bond motifs is 1. The molecule has 3 atom stereocenters. The van der Waals surface area contributed by atoms with Crippen LogP contribution in [0.1, 0.15) is 37.2 Å². The van der Waals surface area contributed by atoms with Gasteiger partial charge in [-0.15, -0.1) is 0 Å². The molecule has 0 radical (unpaired) electrons. The van der Waals surface area contributed by atoms with Gasteiger partial charge in [-0.3, -0.25) is 4.90 Å². The summed E-state index contributed by atoms with van der Waals surface area (Å²) in [6.07, 6.45) is 4.87. The van der Waals surface area contributed by atoms with Crippen molar-refractivity contribution < 1.29 is 14.6 Å². The molecule has 178 valence electrons. The van der Waals surface area contributed by atoms with E-state index in [0.717, 1.165) is 38.0 Å². The largest absolute Gasteiger partial charge is 0.497 e. The maximum absolute atomic E-state index is 10.2. The number of methoxy groups -OCH3 is 1. The van der Waals surface area contributed by atoms with Gasteiger partial charge in [0, 0.05) is 44.3 Å². The van der Waals surface area contributed by atoms with Gasteiger partial charge in [-0.2, -0.15) is 0 Å². The minimum atomic E-state index is 0.237. The first kappa shape index (κ1) is 22.9. The van der Waals surface area contributed by atoms with E-state index in [4.69, 9.17) is 9.47 Å². The quantitative estimate of drug-likeness (QED) is 0.720. The number of aliphatic hydroxyl groups is 1. The Morgan fingerprint density at radius 3 is 2.27 bits per heavy atom. The van der Waals surface area contributed by atoms with Crippen molar-refractivity contribution in [2.75, 3.05) is 53.1 Å². The van der Waals surface area contributed by atoms with E-state index >= 15 is 0 Å². The van der Waals surface area contributed by atoms with Crippen molar-refractivity contribution in [2.24, 2.45) is 5.92 Å². The molecule has 0 bridgehead atoms. The molecule has 3 aliphatic heterocycles. The van der Waals surface area contributed by atoms with Crippen molar-refractivity contribution in [1.29, 1.82) is 0 Å². The van der Waals surface area contributed by atoms with Crippen LogP contribution in [0.2, 0.25) is 0 Å². The zero-order valence-electron chi connectivity index (χ0n) is 19.9. The van der Waals surface area contributed by atoms with E-state index in [1.165, 1.54) is 55.5 Å². The van der Waals surface area contributed by atoms with E-state index in [1.54, 1.807) is 7.11 Å². The molecule has 1 N–H and O–H groups in total. The van der Waals surface area contributed by atoms with Gasteiger partial charge in [0.1, 0.15) is 5.75 Å². The molecule has 0 unspecified atom stereocenters. The van der Waals surface area contributed by atoms with E-state index in [0.29, 0.717) is 12.0 Å². The molecule has 3 fully saturated rings. The molecule has 5 heteroatoms. The Kier molecular flexibility index (Phi) is 7.31. The molecule has 2 aromatic carbocycles. The Hall–Kier alpha value is -1.92. The van der Waals surface area contributed by atoms with Gasteiger partial charge in [0.15, 0.2) is 0 Å². The van der Waals surface area contributed by atoms with Gasteiger partial charge >= 0.3 is 0 Å². The molecule has 0 saturated carbocycles. The summed E-state index contributed by atoms with van der Waals surface area (Å²) in [7, 11) is 1.70. The smallest absolute Gasteiger partial charge is 0.118 e. The van der Waals surface area contributed by atoms with Crippen molar-refractivity contribution in [3.8, 4) is 16.9 Å². The molecular weight excluding hydrogens is 412 g/mol. The van der Waals surface area contributed by atoms with Crippen molar-refractivity contribution in [3.05, 3.63) is 54.1 Å². The lowest BCUT2D eigenvalue weighted by molar-refractivity contribution is -0.0677. The zero-order chi connectivity index (χ0) is 22.6. The fourth-order valence-electron chi connectivity index (χ4n) is 6.15. The Balaban J connectivity index is 1.31. The highest BCUT2D eigenvalue weighted by Crippen LogP contribution is 2.42. The average Bonchev–Trinajstić information content (AvgIpc) is 2.85. The molecule has 33 heavy (non-hydrogen) atoms. The lowest BCUT2D eigenvalue weighted by Gasteiger charge is -2.57. The summed E-state index contributed by atoms with van der Waals surface area (Å²) >= 11 is 0. The highest BCUT2D eigenvalue weighted by Gasteiger charge is 2.49. The second kappa shape index (κ2) is 10.6. The molecule has 0 amide bonds. The third kappa shape index (κ3) is 4.97. The lowest BCUT2D eigenvalue weighted by atomic mass is 9.74. The Morgan fingerprint density at radius 2 is 1.61 bits per heavy atom. The van der Waals surface area contributed by atoms with Crippen LogP contribution in [0.25, 0.3) is 11.1 Å². The SMILES string of the molecule is COc1ccc(-c2ccc([C@H]3[C@H]4CN(CC5CCOCC5)CCCCN4[C@H]3CO)cc2)cc1. The van der Waals surface area contributed by atoms with Crippen LogP contribution in [0.15, 0.2) is 48.5 Å². The second-order valence-electron chi connectivity index (χ2n) is 9.95. The summed E-state index contributed by atoms with van der Waals surface area (Å²) in [6, 6.07) is 18.0. The monoisotopic (exact) mass is 450 g/mol. The first-order valence-corrected chi connectivity index (χ1v) is 12.7. The Bertz CT molecular complexity index is 879. The topological polar surface area (TPSA) is 45.2 Å². The van der Waals surface area contributed by atoms with Crippen LogP contribution in [0.5, 0.6) is 5.75 Å². The fraction of sp³-hybridized carbons (Fsp3) is 0.571. The third-order valence-corrected chi connectivity index (χ3v) is 8.03. The summed E-state index contributed by atoms with van der Waals surface area (Å²) in [5.41, 5.74) is 3.78. The van der Waals surface area contributed by atoms with Crippen molar-refractivity contribution in [1.82, 2.24) is 9.80 Å². The predicted molar refractivity (Wildman–Crippen MR) is 132 cm³/mol. The number of benzene rings is 2. The zero-order valence-corrected chi connectivity index (χ0v) is 19.9. The number of rotatable bonds is 6. The highest BCUT2D eigenvalue weighted by atomic mass is 16.5. The van der Waals surface area contributed by atoms with Crippen LogP contribution in [0.3, 0.4) is 0 Å². The van der Waals surface area contributed by atoms with Crippen LogP contribution < -0.4 is 4.74 Å². The van der Waals surface area contributed by atoms with E-state index in [1.807, 2.05) is 12.1 Å². The molecule has 5 rings (SSSR count). The normalized spacial score (nSPS) is 27.3. The highest BCUT2D eigenvalue weighted by molar-refractivity contribution is 5.64. The van der Waals surface area contributed by atoms with Crippen molar-refractivity contribution in [2.45, 2.75) is 43.7 Å². The average molecular weight is 451 g/mol. The molecule has 3 saturated heterocycles. The molecule has 0 aromatic heterocycles. The van der Waals surface area contributed by atoms with Crippen molar-refractivity contribution in [3.63, 3.8) is 0 Å². The summed E-state index contributed by atoms with van der Waals surface area (Å²) in [5, 5.41) is 10.2. The van der Waals surface area contributed by atoms with Crippen LogP contribution in [0.4, 0.5) is 0 Å². The molecule has 0 aliphatic carbocycles. The third-order valence-electron chi connectivity index (χ3n) is 8.03. The molecule has 3 aliphatic rings. The van der Waals surface area contributed by atoms with Gasteiger partial charge in [-0.1, -0.05) is 36.4 Å². The minimum absolute atomic E-state index is 0.237. The van der Waals surface area contributed by atoms with E-state index < -0.39 is 0 Å². The predicted octanol–water partition coefficient (Wildman–Crippen LogP) is 4.01. The standard InChI is InChI=1S/C28H38N2O3/c1-32-25-10-8-23(9-11-25)22-4-6-24(7-5-22)28-26-19-29(18-21-12-16-33-17-13-21)14-2-3-15-30(26)27(28)20-31/h4-11,21,26-28,31H,2-3,12-20H2,1H3/t26-,27+,28+/m1/s1. The first-order valence-electron chi connectivity index (χ1n) is 12.7. The van der Waals surface area contributed by atoms with Gasteiger partial charge in [0.2, 0.25) is 0 Å². The molecule has 0 spiro atoms. The molecule has 3 heterocycles. The van der Waals surface area contributed by atoms with Crippen LogP contribution in [-0.4, -0.2) is 80.1 Å². The number of hydrogen-bond acceptors (Lipinski definition) is 5. The van der Waals surface area contributed by atoms with Gasteiger partial charge in [0.05, 0.1) is 13.7 Å². The van der Waals surface area contributed by atoms with Crippen LogP contribution in [0, 0.1) is 5.92 Å². The van der Waals surface area contributed by atoms with Gasteiger partial charge in [-0.25, -0.2) is 0 Å². The number of hydrogen-bond donors (Lipinski definition) is 1. The molecule has 2 aromatic rings. The van der Waals surface area contributed by atoms with Gasteiger partial charge in [-0.05, 0) is 73.5 Å². The summed E-state index contributed by atoms with van der Waals surface area (Å²) in [4.78, 5) is 5.29.